The number of alkyl halides is 1. The minimum atomic E-state index is -0.253. The third kappa shape index (κ3) is 1.75. The second-order valence-corrected chi connectivity index (χ2v) is 3.63. The number of carbonyl (C=O) groups is 1. The average Bonchev–Trinajstić information content (AvgIpc) is 2.65. The Labute approximate surface area is 90.8 Å². The summed E-state index contributed by atoms with van der Waals surface area (Å²) in [5.41, 5.74) is 2.06. The van der Waals surface area contributed by atoms with Crippen LogP contribution >= 0.6 is 15.9 Å². The van der Waals surface area contributed by atoms with E-state index in [1.807, 2.05) is 24.3 Å². The number of benzene rings is 1. The molecule has 0 aromatic heterocycles. The molecule has 1 aromatic rings. The van der Waals surface area contributed by atoms with Crippen LogP contribution in [0.3, 0.4) is 0 Å². The van der Waals surface area contributed by atoms with Crippen LogP contribution in [0.15, 0.2) is 24.3 Å². The summed E-state index contributed by atoms with van der Waals surface area (Å²) in [5.74, 6) is 0. The fourth-order valence-electron chi connectivity index (χ4n) is 1.44. The standard InChI is InChI=1S/C10H10BrNO2/c11-7-8-2-1-3-9(6-8)12-4-5-14-10(12)13/h1-3,6H,4-5,7H2. The first-order valence-corrected chi connectivity index (χ1v) is 5.52. The van der Waals surface area contributed by atoms with Crippen molar-refractivity contribution in [3.05, 3.63) is 29.8 Å². The number of nitrogens with zero attached hydrogens (tertiary/aromatic N) is 1. The molecule has 1 heterocycles. The van der Waals surface area contributed by atoms with Crippen molar-refractivity contribution in [1.82, 2.24) is 0 Å². The van der Waals surface area contributed by atoms with Crippen molar-refractivity contribution in [2.24, 2.45) is 0 Å². The first-order valence-electron chi connectivity index (χ1n) is 4.40. The van der Waals surface area contributed by atoms with Crippen molar-refractivity contribution < 1.29 is 9.53 Å². The second-order valence-electron chi connectivity index (χ2n) is 3.07. The summed E-state index contributed by atoms with van der Waals surface area (Å²) in [6.07, 6.45) is -0.253. The molecule has 14 heavy (non-hydrogen) atoms. The van der Waals surface area contributed by atoms with Gasteiger partial charge in [0.25, 0.3) is 0 Å². The van der Waals surface area contributed by atoms with Gasteiger partial charge in [-0.05, 0) is 17.7 Å². The minimum Gasteiger partial charge on any atom is -0.447 e. The van der Waals surface area contributed by atoms with E-state index in [0.717, 1.165) is 16.6 Å². The van der Waals surface area contributed by atoms with E-state index in [1.165, 1.54) is 0 Å². The van der Waals surface area contributed by atoms with Crippen LogP contribution < -0.4 is 4.90 Å². The fourth-order valence-corrected chi connectivity index (χ4v) is 1.78. The Balaban J connectivity index is 2.26. The Morgan fingerprint density at radius 1 is 1.50 bits per heavy atom. The number of rotatable bonds is 2. The Morgan fingerprint density at radius 2 is 2.36 bits per heavy atom. The molecule has 1 aliphatic heterocycles. The van der Waals surface area contributed by atoms with E-state index in [0.29, 0.717) is 13.2 Å². The number of cyclic esters (lactones) is 1. The van der Waals surface area contributed by atoms with Crippen LogP contribution in [-0.4, -0.2) is 19.2 Å². The van der Waals surface area contributed by atoms with Crippen LogP contribution in [0.5, 0.6) is 0 Å². The molecule has 3 nitrogen and oxygen atoms in total. The van der Waals surface area contributed by atoms with E-state index in [-0.39, 0.29) is 6.09 Å². The van der Waals surface area contributed by atoms with Crippen molar-refractivity contribution in [1.29, 1.82) is 0 Å². The summed E-state index contributed by atoms with van der Waals surface area (Å²) in [5, 5.41) is 0.795. The molecule has 1 aromatic carbocycles. The summed E-state index contributed by atoms with van der Waals surface area (Å²) < 4.78 is 4.87. The summed E-state index contributed by atoms with van der Waals surface area (Å²) in [7, 11) is 0. The number of hydrogen-bond acceptors (Lipinski definition) is 2. The molecule has 1 saturated heterocycles. The Morgan fingerprint density at radius 3 is 3.00 bits per heavy atom. The lowest BCUT2D eigenvalue weighted by molar-refractivity contribution is 0.181. The summed E-state index contributed by atoms with van der Waals surface area (Å²) in [6, 6.07) is 7.86. The van der Waals surface area contributed by atoms with Gasteiger partial charge in [0, 0.05) is 11.0 Å². The van der Waals surface area contributed by atoms with Crippen LogP contribution in [0.2, 0.25) is 0 Å². The SMILES string of the molecule is O=C1OCCN1c1cccc(CBr)c1. The van der Waals surface area contributed by atoms with Gasteiger partial charge >= 0.3 is 6.09 Å². The number of ether oxygens (including phenoxy) is 1. The number of anilines is 1. The van der Waals surface area contributed by atoms with E-state index in [1.54, 1.807) is 4.90 Å². The lowest BCUT2D eigenvalue weighted by Crippen LogP contribution is -2.23. The van der Waals surface area contributed by atoms with E-state index >= 15 is 0 Å². The molecule has 4 heteroatoms. The smallest absolute Gasteiger partial charge is 0.414 e. The molecule has 1 aliphatic rings. The van der Waals surface area contributed by atoms with Gasteiger partial charge in [-0.15, -0.1) is 0 Å². The number of halogens is 1. The zero-order valence-corrected chi connectivity index (χ0v) is 9.16. The Bertz CT molecular complexity index is 354. The van der Waals surface area contributed by atoms with E-state index in [2.05, 4.69) is 15.9 Å². The van der Waals surface area contributed by atoms with Crippen LogP contribution in [0.1, 0.15) is 5.56 Å². The van der Waals surface area contributed by atoms with Crippen molar-refractivity contribution in [2.45, 2.75) is 5.33 Å². The molecule has 0 saturated carbocycles. The quantitative estimate of drug-likeness (QED) is 0.761. The maximum atomic E-state index is 11.3. The van der Waals surface area contributed by atoms with Crippen molar-refractivity contribution >= 4 is 27.7 Å². The number of amides is 1. The summed E-state index contributed by atoms with van der Waals surface area (Å²) in [4.78, 5) is 12.9. The van der Waals surface area contributed by atoms with Gasteiger partial charge in [-0.2, -0.15) is 0 Å². The molecule has 0 bridgehead atoms. The predicted molar refractivity (Wildman–Crippen MR) is 57.8 cm³/mol. The molecule has 0 radical (unpaired) electrons. The van der Waals surface area contributed by atoms with Crippen molar-refractivity contribution in [3.8, 4) is 0 Å². The first kappa shape index (κ1) is 9.52. The highest BCUT2D eigenvalue weighted by Crippen LogP contribution is 2.20. The van der Waals surface area contributed by atoms with Crippen molar-refractivity contribution in [2.75, 3.05) is 18.1 Å². The van der Waals surface area contributed by atoms with Gasteiger partial charge in [-0.1, -0.05) is 28.1 Å². The highest BCUT2D eigenvalue weighted by molar-refractivity contribution is 9.08. The van der Waals surface area contributed by atoms with E-state index < -0.39 is 0 Å². The van der Waals surface area contributed by atoms with Gasteiger partial charge in [0.05, 0.1) is 6.54 Å². The molecule has 1 fully saturated rings. The maximum Gasteiger partial charge on any atom is 0.414 e. The zero-order valence-electron chi connectivity index (χ0n) is 7.57. The highest BCUT2D eigenvalue weighted by atomic mass is 79.9. The van der Waals surface area contributed by atoms with Crippen LogP contribution in [0.4, 0.5) is 10.5 Å². The molecule has 0 aliphatic carbocycles. The predicted octanol–water partition coefficient (Wildman–Crippen LogP) is 2.54. The molecular weight excluding hydrogens is 246 g/mol. The summed E-state index contributed by atoms with van der Waals surface area (Å²) in [6.45, 7) is 1.13. The van der Waals surface area contributed by atoms with Gasteiger partial charge in [-0.25, -0.2) is 4.79 Å². The molecule has 0 spiro atoms. The molecule has 74 valence electrons. The topological polar surface area (TPSA) is 29.5 Å². The maximum absolute atomic E-state index is 11.3. The third-order valence-electron chi connectivity index (χ3n) is 2.14. The molecule has 0 unspecified atom stereocenters. The van der Waals surface area contributed by atoms with Crippen LogP contribution in [-0.2, 0) is 10.1 Å². The van der Waals surface area contributed by atoms with Gasteiger partial charge in [0.2, 0.25) is 0 Å². The lowest BCUT2D eigenvalue weighted by atomic mass is 10.2. The highest BCUT2D eigenvalue weighted by Gasteiger charge is 2.23. The summed E-state index contributed by atoms with van der Waals surface area (Å²) >= 11 is 3.38. The third-order valence-corrected chi connectivity index (χ3v) is 2.78. The lowest BCUT2D eigenvalue weighted by Gasteiger charge is -2.12. The van der Waals surface area contributed by atoms with E-state index in [4.69, 9.17) is 4.74 Å². The fraction of sp³-hybridized carbons (Fsp3) is 0.300. The Hall–Kier alpha value is -1.03. The molecule has 0 atom stereocenters. The molecule has 0 N–H and O–H groups in total. The van der Waals surface area contributed by atoms with Gasteiger partial charge < -0.3 is 4.74 Å². The molecule has 2 rings (SSSR count). The van der Waals surface area contributed by atoms with Crippen LogP contribution in [0, 0.1) is 0 Å². The number of hydrogen-bond donors (Lipinski definition) is 0. The molecular formula is C10H10BrNO2. The van der Waals surface area contributed by atoms with Crippen LogP contribution in [0.25, 0.3) is 0 Å². The largest absolute Gasteiger partial charge is 0.447 e. The monoisotopic (exact) mass is 255 g/mol. The Kier molecular flexibility index (Phi) is 2.72. The minimum absolute atomic E-state index is 0.253. The van der Waals surface area contributed by atoms with Gasteiger partial charge in [0.1, 0.15) is 6.61 Å². The zero-order chi connectivity index (χ0) is 9.97. The molecule has 1 amide bonds. The average molecular weight is 256 g/mol. The van der Waals surface area contributed by atoms with Gasteiger partial charge in [0.15, 0.2) is 0 Å². The first-order chi connectivity index (χ1) is 6.81. The normalized spacial score (nSPS) is 15.8. The van der Waals surface area contributed by atoms with Crippen molar-refractivity contribution in [3.63, 3.8) is 0 Å². The van der Waals surface area contributed by atoms with E-state index in [9.17, 15) is 4.79 Å². The number of carbonyl (C=O) groups excluding carboxylic acids is 1. The van der Waals surface area contributed by atoms with Gasteiger partial charge in [-0.3, -0.25) is 4.90 Å². The second kappa shape index (κ2) is 4.00.